The Morgan fingerprint density at radius 2 is 1.95 bits per heavy atom. The van der Waals surface area contributed by atoms with Crippen LogP contribution in [0.3, 0.4) is 0 Å². The lowest BCUT2D eigenvalue weighted by atomic mass is 10.1. The van der Waals surface area contributed by atoms with Gasteiger partial charge in [0.1, 0.15) is 6.61 Å². The van der Waals surface area contributed by atoms with Crippen molar-refractivity contribution >= 4 is 27.6 Å². The monoisotopic (exact) mass is 330 g/mol. The second-order valence-corrected chi connectivity index (χ2v) is 4.89. The summed E-state index contributed by atoms with van der Waals surface area (Å²) in [6.07, 6.45) is 0. The molecule has 0 heterocycles. The number of nitrogens with zero attached hydrogens (tertiary/aromatic N) is 1. The first kappa shape index (κ1) is 14.1. The maximum absolute atomic E-state index is 12.0. The lowest BCUT2D eigenvalue weighted by Crippen LogP contribution is -2.07. The fourth-order valence-corrected chi connectivity index (χ4v) is 2.04. The summed E-state index contributed by atoms with van der Waals surface area (Å²) < 4.78 is 5.75. The Morgan fingerprint density at radius 3 is 2.60 bits per heavy atom. The van der Waals surface area contributed by atoms with E-state index in [2.05, 4.69) is 15.9 Å². The molecular formula is C15H11BrN2O2. The fourth-order valence-electron chi connectivity index (χ4n) is 1.61. The van der Waals surface area contributed by atoms with Crippen LogP contribution in [0.5, 0.6) is 0 Å². The van der Waals surface area contributed by atoms with E-state index in [0.29, 0.717) is 21.3 Å². The van der Waals surface area contributed by atoms with Crippen LogP contribution in [0, 0.1) is 11.3 Å². The van der Waals surface area contributed by atoms with Crippen LogP contribution >= 0.6 is 15.9 Å². The van der Waals surface area contributed by atoms with Crippen LogP contribution in [-0.4, -0.2) is 5.97 Å². The normalized spacial score (nSPS) is 9.80. The second-order valence-electron chi connectivity index (χ2n) is 4.09. The van der Waals surface area contributed by atoms with Gasteiger partial charge in [-0.05, 0) is 45.8 Å². The summed E-state index contributed by atoms with van der Waals surface area (Å²) in [5.41, 5.74) is 7.97. The van der Waals surface area contributed by atoms with Gasteiger partial charge in [-0.1, -0.05) is 18.2 Å². The molecule has 0 saturated heterocycles. The first-order valence-corrected chi connectivity index (χ1v) is 6.61. The summed E-state index contributed by atoms with van der Waals surface area (Å²) >= 11 is 3.26. The summed E-state index contributed by atoms with van der Waals surface area (Å²) in [6.45, 7) is 0.145. The van der Waals surface area contributed by atoms with Crippen LogP contribution in [0.4, 0.5) is 5.69 Å². The van der Waals surface area contributed by atoms with Crippen LogP contribution < -0.4 is 5.73 Å². The highest BCUT2D eigenvalue weighted by Gasteiger charge is 2.13. The molecule has 0 radical (unpaired) electrons. The minimum Gasteiger partial charge on any atom is -0.457 e. The molecule has 2 aromatic carbocycles. The summed E-state index contributed by atoms with van der Waals surface area (Å²) in [5, 5.41) is 8.70. The van der Waals surface area contributed by atoms with E-state index in [-0.39, 0.29) is 6.61 Å². The Balaban J connectivity index is 2.05. The SMILES string of the molecule is N#Cc1ccc(COC(=O)c2cccc(N)c2Br)cc1. The number of carbonyl (C=O) groups is 1. The van der Waals surface area contributed by atoms with Gasteiger partial charge in [-0.15, -0.1) is 0 Å². The molecule has 0 spiro atoms. The maximum Gasteiger partial charge on any atom is 0.339 e. The van der Waals surface area contributed by atoms with E-state index in [4.69, 9.17) is 15.7 Å². The molecule has 2 aromatic rings. The molecular weight excluding hydrogens is 320 g/mol. The number of halogens is 1. The number of hydrogen-bond acceptors (Lipinski definition) is 4. The minimum absolute atomic E-state index is 0.145. The Morgan fingerprint density at radius 1 is 1.25 bits per heavy atom. The van der Waals surface area contributed by atoms with Crippen LogP contribution in [0.25, 0.3) is 0 Å². The number of rotatable bonds is 3. The molecule has 0 amide bonds. The number of carbonyl (C=O) groups excluding carboxylic acids is 1. The average Bonchev–Trinajstić information content (AvgIpc) is 2.48. The van der Waals surface area contributed by atoms with E-state index in [1.165, 1.54) is 0 Å². The highest BCUT2D eigenvalue weighted by atomic mass is 79.9. The molecule has 20 heavy (non-hydrogen) atoms. The van der Waals surface area contributed by atoms with E-state index < -0.39 is 5.97 Å². The molecule has 0 saturated carbocycles. The van der Waals surface area contributed by atoms with Crippen molar-refractivity contribution in [3.8, 4) is 6.07 Å². The maximum atomic E-state index is 12.0. The molecule has 0 atom stereocenters. The van der Waals surface area contributed by atoms with Crippen molar-refractivity contribution in [2.45, 2.75) is 6.61 Å². The van der Waals surface area contributed by atoms with E-state index in [1.54, 1.807) is 42.5 Å². The smallest absolute Gasteiger partial charge is 0.339 e. The molecule has 2 N–H and O–H groups in total. The molecule has 0 aliphatic rings. The minimum atomic E-state index is -0.450. The third-order valence-electron chi connectivity index (χ3n) is 2.70. The quantitative estimate of drug-likeness (QED) is 0.692. The van der Waals surface area contributed by atoms with Gasteiger partial charge in [0.05, 0.1) is 21.7 Å². The van der Waals surface area contributed by atoms with Gasteiger partial charge in [0, 0.05) is 5.69 Å². The molecule has 4 nitrogen and oxygen atoms in total. The van der Waals surface area contributed by atoms with Crippen LogP contribution in [0.15, 0.2) is 46.9 Å². The van der Waals surface area contributed by atoms with Crippen molar-refractivity contribution in [1.82, 2.24) is 0 Å². The molecule has 100 valence electrons. The summed E-state index contributed by atoms with van der Waals surface area (Å²) in [6, 6.07) is 13.9. The third kappa shape index (κ3) is 3.16. The Kier molecular flexibility index (Phi) is 4.38. The number of ether oxygens (including phenoxy) is 1. The number of anilines is 1. The molecule has 0 unspecified atom stereocenters. The number of nitrogen functional groups attached to an aromatic ring is 1. The number of nitriles is 1. The summed E-state index contributed by atoms with van der Waals surface area (Å²) in [5.74, 6) is -0.450. The molecule has 5 heteroatoms. The van der Waals surface area contributed by atoms with E-state index >= 15 is 0 Å². The molecule has 0 aliphatic carbocycles. The van der Waals surface area contributed by atoms with Gasteiger partial charge < -0.3 is 10.5 Å². The van der Waals surface area contributed by atoms with Gasteiger partial charge in [0.2, 0.25) is 0 Å². The number of hydrogen-bond donors (Lipinski definition) is 1. The van der Waals surface area contributed by atoms with Crippen LogP contribution in [-0.2, 0) is 11.3 Å². The van der Waals surface area contributed by atoms with Crippen molar-refractivity contribution < 1.29 is 9.53 Å². The largest absolute Gasteiger partial charge is 0.457 e. The molecule has 0 bridgehead atoms. The van der Waals surface area contributed by atoms with Gasteiger partial charge in [-0.3, -0.25) is 0 Å². The van der Waals surface area contributed by atoms with E-state index in [9.17, 15) is 4.79 Å². The first-order chi connectivity index (χ1) is 9.61. The predicted molar refractivity (Wildman–Crippen MR) is 78.8 cm³/mol. The van der Waals surface area contributed by atoms with E-state index in [0.717, 1.165) is 5.56 Å². The fraction of sp³-hybridized carbons (Fsp3) is 0.0667. The van der Waals surface area contributed by atoms with Crippen molar-refractivity contribution in [3.05, 3.63) is 63.6 Å². The van der Waals surface area contributed by atoms with Gasteiger partial charge in [-0.25, -0.2) is 4.79 Å². The highest BCUT2D eigenvalue weighted by molar-refractivity contribution is 9.10. The zero-order chi connectivity index (χ0) is 14.5. The van der Waals surface area contributed by atoms with Crippen molar-refractivity contribution in [1.29, 1.82) is 5.26 Å². The topological polar surface area (TPSA) is 76.1 Å². The average molecular weight is 331 g/mol. The lowest BCUT2D eigenvalue weighted by Gasteiger charge is -2.08. The molecule has 0 fully saturated rings. The number of esters is 1. The summed E-state index contributed by atoms with van der Waals surface area (Å²) in [4.78, 5) is 12.0. The standard InChI is InChI=1S/C15H11BrN2O2/c16-14-12(2-1-3-13(14)18)15(19)20-9-11-6-4-10(8-17)5-7-11/h1-7H,9,18H2. The molecule has 0 aliphatic heterocycles. The van der Waals surface area contributed by atoms with Gasteiger partial charge >= 0.3 is 5.97 Å². The zero-order valence-electron chi connectivity index (χ0n) is 10.5. The first-order valence-electron chi connectivity index (χ1n) is 5.82. The Labute approximate surface area is 124 Å². The van der Waals surface area contributed by atoms with Crippen molar-refractivity contribution in [2.75, 3.05) is 5.73 Å². The molecule has 0 aromatic heterocycles. The second kappa shape index (κ2) is 6.22. The lowest BCUT2D eigenvalue weighted by molar-refractivity contribution is 0.0471. The van der Waals surface area contributed by atoms with Gasteiger partial charge in [0.15, 0.2) is 0 Å². The Hall–Kier alpha value is -2.32. The zero-order valence-corrected chi connectivity index (χ0v) is 12.1. The van der Waals surface area contributed by atoms with E-state index in [1.807, 2.05) is 6.07 Å². The predicted octanol–water partition coefficient (Wildman–Crippen LogP) is 3.26. The van der Waals surface area contributed by atoms with Crippen molar-refractivity contribution in [2.24, 2.45) is 0 Å². The highest BCUT2D eigenvalue weighted by Crippen LogP contribution is 2.24. The van der Waals surface area contributed by atoms with Gasteiger partial charge in [-0.2, -0.15) is 5.26 Å². The van der Waals surface area contributed by atoms with Gasteiger partial charge in [0.25, 0.3) is 0 Å². The Bertz CT molecular complexity index is 675. The number of benzene rings is 2. The third-order valence-corrected chi connectivity index (χ3v) is 3.59. The number of nitrogens with two attached hydrogens (primary N) is 1. The summed E-state index contributed by atoms with van der Waals surface area (Å²) in [7, 11) is 0. The van der Waals surface area contributed by atoms with Crippen molar-refractivity contribution in [3.63, 3.8) is 0 Å². The van der Waals surface area contributed by atoms with Crippen LogP contribution in [0.2, 0.25) is 0 Å². The molecule has 2 rings (SSSR count). The van der Waals surface area contributed by atoms with Crippen LogP contribution in [0.1, 0.15) is 21.5 Å².